The molecule has 2 heterocycles. The molecule has 0 saturated carbocycles. The van der Waals surface area contributed by atoms with E-state index in [9.17, 15) is 0 Å². The smallest absolute Gasteiger partial charge is 0.169 e. The van der Waals surface area contributed by atoms with Crippen molar-refractivity contribution in [3.05, 3.63) is 59.8 Å². The van der Waals surface area contributed by atoms with E-state index in [1.807, 2.05) is 0 Å². The zero-order chi connectivity index (χ0) is 16.6. The van der Waals surface area contributed by atoms with Crippen LogP contribution in [-0.2, 0) is 6.54 Å². The Morgan fingerprint density at radius 3 is 2.48 bits per heavy atom. The Kier molecular flexibility index (Phi) is 5.33. The number of benzene rings is 2. The molecule has 0 aromatic heterocycles. The fraction of sp³-hybridized carbons (Fsp3) is 0.409. The molecule has 2 aliphatic rings. The predicted octanol–water partition coefficient (Wildman–Crippen LogP) is 1.59. The van der Waals surface area contributed by atoms with Crippen molar-refractivity contribution >= 4 is 17.0 Å². The lowest BCUT2D eigenvalue weighted by molar-refractivity contribution is -0.612. The quantitative estimate of drug-likeness (QED) is 0.711. The monoisotopic (exact) mass is 398 g/mol. The van der Waals surface area contributed by atoms with E-state index < -0.39 is 0 Å². The average Bonchev–Trinajstić information content (AvgIpc) is 3.11. The molecule has 1 saturated heterocycles. The lowest BCUT2D eigenvalue weighted by Crippen LogP contribution is -3.00. The number of likely N-dealkylation sites (tertiary alicyclic amines) is 1. The van der Waals surface area contributed by atoms with Crippen molar-refractivity contribution in [1.82, 2.24) is 4.90 Å². The normalized spacial score (nSPS) is 19.4. The molecular weight excluding hydrogens is 372 g/mol. The third kappa shape index (κ3) is 3.67. The van der Waals surface area contributed by atoms with Crippen LogP contribution in [0, 0.1) is 0 Å². The van der Waals surface area contributed by atoms with Gasteiger partial charge in [-0.15, -0.1) is 0 Å². The van der Waals surface area contributed by atoms with Crippen molar-refractivity contribution in [3.63, 3.8) is 0 Å². The largest absolute Gasteiger partial charge is 1.00 e. The highest BCUT2D eigenvalue weighted by Gasteiger charge is 2.36. The lowest BCUT2D eigenvalue weighted by atomic mass is 9.93. The fourth-order valence-corrected chi connectivity index (χ4v) is 4.08. The molecule has 3 heteroatoms. The van der Waals surface area contributed by atoms with Crippen LogP contribution in [0.3, 0.4) is 0 Å². The number of allylic oxidation sites excluding steroid dienone is 1. The van der Waals surface area contributed by atoms with E-state index in [0.29, 0.717) is 0 Å². The van der Waals surface area contributed by atoms with Gasteiger partial charge in [0.15, 0.2) is 18.3 Å². The minimum atomic E-state index is 0. The van der Waals surface area contributed by atoms with Gasteiger partial charge in [0.2, 0.25) is 0 Å². The SMILES string of the molecule is CC1(C)CC(N2CCCC2)=CC=[N+]1Cc1cccc2ccccc12.[Br-]. The number of halogens is 1. The van der Waals surface area contributed by atoms with Gasteiger partial charge in [-0.05, 0) is 23.6 Å². The summed E-state index contributed by atoms with van der Waals surface area (Å²) in [5.74, 6) is 0. The Morgan fingerprint density at radius 2 is 1.72 bits per heavy atom. The molecule has 1 fully saturated rings. The Morgan fingerprint density at radius 1 is 1.00 bits per heavy atom. The van der Waals surface area contributed by atoms with Crippen LogP contribution in [0.5, 0.6) is 0 Å². The first-order valence-electron chi connectivity index (χ1n) is 9.16. The summed E-state index contributed by atoms with van der Waals surface area (Å²) in [4.78, 5) is 2.58. The maximum Gasteiger partial charge on any atom is 0.169 e. The minimum Gasteiger partial charge on any atom is -1.00 e. The van der Waals surface area contributed by atoms with E-state index in [-0.39, 0.29) is 22.5 Å². The highest BCUT2D eigenvalue weighted by molar-refractivity contribution is 5.85. The maximum absolute atomic E-state index is 2.58. The van der Waals surface area contributed by atoms with Gasteiger partial charge in [-0.1, -0.05) is 42.5 Å². The van der Waals surface area contributed by atoms with Gasteiger partial charge in [0.05, 0.1) is 6.42 Å². The third-order valence-corrected chi connectivity index (χ3v) is 5.57. The molecular formula is C22H27BrN2. The van der Waals surface area contributed by atoms with E-state index in [1.165, 1.54) is 48.0 Å². The van der Waals surface area contributed by atoms with Crippen molar-refractivity contribution in [2.45, 2.75) is 45.2 Å². The molecule has 0 atom stereocenters. The molecule has 0 unspecified atom stereocenters. The Balaban J connectivity index is 0.00000182. The summed E-state index contributed by atoms with van der Waals surface area (Å²) in [6.07, 6.45) is 8.49. The van der Waals surface area contributed by atoms with Gasteiger partial charge in [-0.25, -0.2) is 4.58 Å². The summed E-state index contributed by atoms with van der Waals surface area (Å²) < 4.78 is 2.51. The number of hydrogen-bond donors (Lipinski definition) is 0. The van der Waals surface area contributed by atoms with Crippen LogP contribution in [-0.4, -0.2) is 34.3 Å². The molecule has 132 valence electrons. The van der Waals surface area contributed by atoms with E-state index in [1.54, 1.807) is 0 Å². The van der Waals surface area contributed by atoms with Crippen molar-refractivity contribution in [3.8, 4) is 0 Å². The predicted molar refractivity (Wildman–Crippen MR) is 102 cm³/mol. The summed E-state index contributed by atoms with van der Waals surface area (Å²) in [6.45, 7) is 8.19. The van der Waals surface area contributed by atoms with Gasteiger partial charge < -0.3 is 21.9 Å². The molecule has 0 radical (unpaired) electrons. The summed E-state index contributed by atoms with van der Waals surface area (Å²) in [7, 11) is 0. The van der Waals surface area contributed by atoms with Crippen LogP contribution >= 0.6 is 0 Å². The third-order valence-electron chi connectivity index (χ3n) is 5.57. The summed E-state index contributed by atoms with van der Waals surface area (Å²) in [5.41, 5.74) is 3.09. The second-order valence-electron chi connectivity index (χ2n) is 7.76. The van der Waals surface area contributed by atoms with Crippen LogP contribution in [0.1, 0.15) is 38.7 Å². The molecule has 2 aliphatic heterocycles. The molecule has 2 aromatic rings. The molecule has 4 rings (SSSR count). The molecule has 2 aromatic carbocycles. The van der Waals surface area contributed by atoms with Crippen molar-refractivity contribution in [2.75, 3.05) is 13.1 Å². The molecule has 0 amide bonds. The fourth-order valence-electron chi connectivity index (χ4n) is 4.08. The standard InChI is InChI=1S/C22H27N2.BrH/c1-22(2)16-20(23-13-5-6-14-23)12-15-24(22)17-19-10-7-9-18-8-3-4-11-21(18)19;/h3-4,7-12,15H,5-6,13-14,16-17H2,1-2H3;1H/q+1;/p-1. The average molecular weight is 399 g/mol. The highest BCUT2D eigenvalue weighted by Crippen LogP contribution is 2.29. The van der Waals surface area contributed by atoms with Gasteiger partial charge in [0.1, 0.15) is 0 Å². The molecule has 2 nitrogen and oxygen atoms in total. The summed E-state index contributed by atoms with van der Waals surface area (Å²) in [6, 6.07) is 15.4. The van der Waals surface area contributed by atoms with E-state index >= 15 is 0 Å². The molecule has 0 aliphatic carbocycles. The van der Waals surface area contributed by atoms with Crippen LogP contribution in [0.4, 0.5) is 0 Å². The molecule has 0 N–H and O–H groups in total. The number of fused-ring (bicyclic) bond motifs is 1. The number of rotatable bonds is 3. The van der Waals surface area contributed by atoms with Gasteiger partial charge in [-0.2, -0.15) is 0 Å². The maximum atomic E-state index is 2.58. The molecule has 25 heavy (non-hydrogen) atoms. The van der Waals surface area contributed by atoms with Crippen LogP contribution in [0.2, 0.25) is 0 Å². The highest BCUT2D eigenvalue weighted by atomic mass is 79.9. The van der Waals surface area contributed by atoms with Crippen LogP contribution < -0.4 is 17.0 Å². The van der Waals surface area contributed by atoms with Gasteiger partial charge >= 0.3 is 0 Å². The minimum absolute atomic E-state index is 0. The first-order valence-corrected chi connectivity index (χ1v) is 9.16. The number of hydrogen-bond acceptors (Lipinski definition) is 1. The van der Waals surface area contributed by atoms with Gasteiger partial charge in [0, 0.05) is 44.3 Å². The van der Waals surface area contributed by atoms with Gasteiger partial charge in [-0.3, -0.25) is 0 Å². The molecule has 0 spiro atoms. The Labute approximate surface area is 161 Å². The van der Waals surface area contributed by atoms with Gasteiger partial charge in [0.25, 0.3) is 0 Å². The van der Waals surface area contributed by atoms with E-state index in [0.717, 1.165) is 13.0 Å². The van der Waals surface area contributed by atoms with E-state index in [2.05, 4.69) is 78.1 Å². The van der Waals surface area contributed by atoms with Crippen LogP contribution in [0.15, 0.2) is 54.2 Å². The first-order chi connectivity index (χ1) is 11.6. The zero-order valence-electron chi connectivity index (χ0n) is 15.2. The first kappa shape index (κ1) is 18.2. The topological polar surface area (TPSA) is 6.25 Å². The van der Waals surface area contributed by atoms with Crippen LogP contribution in [0.25, 0.3) is 10.8 Å². The van der Waals surface area contributed by atoms with E-state index in [4.69, 9.17) is 0 Å². The lowest BCUT2D eigenvalue weighted by Gasteiger charge is -2.31. The number of nitrogens with zero attached hydrogens (tertiary/aromatic N) is 2. The summed E-state index contributed by atoms with van der Waals surface area (Å²) in [5, 5.41) is 2.71. The second kappa shape index (κ2) is 7.33. The zero-order valence-corrected chi connectivity index (χ0v) is 16.8. The van der Waals surface area contributed by atoms with Crippen molar-refractivity contribution in [2.24, 2.45) is 0 Å². The Bertz CT molecular complexity index is 808. The van der Waals surface area contributed by atoms with Crippen molar-refractivity contribution in [1.29, 1.82) is 0 Å². The Hall–Kier alpha value is -1.61. The van der Waals surface area contributed by atoms with Crippen molar-refractivity contribution < 1.29 is 21.6 Å². The molecule has 0 bridgehead atoms. The second-order valence-corrected chi connectivity index (χ2v) is 7.76. The summed E-state index contributed by atoms with van der Waals surface area (Å²) >= 11 is 0.